The van der Waals surface area contributed by atoms with Gasteiger partial charge in [-0.1, -0.05) is 31.2 Å². The number of hydrogen-bond acceptors (Lipinski definition) is 4. The molecule has 1 aliphatic heterocycles. The summed E-state index contributed by atoms with van der Waals surface area (Å²) in [6.45, 7) is 4.31. The minimum Gasteiger partial charge on any atom is -0.466 e. The van der Waals surface area contributed by atoms with Crippen LogP contribution in [0.3, 0.4) is 0 Å². The summed E-state index contributed by atoms with van der Waals surface area (Å²) in [7, 11) is 0. The van der Waals surface area contributed by atoms with Gasteiger partial charge in [-0.05, 0) is 19.8 Å². The van der Waals surface area contributed by atoms with Crippen LogP contribution in [0.4, 0.5) is 4.39 Å². The van der Waals surface area contributed by atoms with Crippen molar-refractivity contribution in [3.63, 3.8) is 0 Å². The fraction of sp³-hybridized carbons (Fsp3) is 0.611. The zero-order valence-corrected chi connectivity index (χ0v) is 14.0. The Balaban J connectivity index is 1.57. The molecule has 3 aliphatic rings. The Labute approximate surface area is 140 Å². The number of halogens is 1. The van der Waals surface area contributed by atoms with Crippen molar-refractivity contribution in [3.05, 3.63) is 36.0 Å². The van der Waals surface area contributed by atoms with Crippen molar-refractivity contribution in [3.8, 4) is 0 Å². The second kappa shape index (κ2) is 5.53. The zero-order chi connectivity index (χ0) is 16.9. The molecule has 0 saturated heterocycles. The van der Waals surface area contributed by atoms with Gasteiger partial charge in [0.2, 0.25) is 0 Å². The van der Waals surface area contributed by atoms with Gasteiger partial charge in [0.15, 0.2) is 17.8 Å². The molecule has 2 aliphatic carbocycles. The summed E-state index contributed by atoms with van der Waals surface area (Å²) >= 11 is 0. The normalized spacial score (nSPS) is 36.6. The second-order valence-electron chi connectivity index (χ2n) is 7.19. The van der Waals surface area contributed by atoms with Crippen LogP contribution in [0, 0.1) is 11.3 Å². The molecule has 0 spiro atoms. The molecule has 4 rings (SSSR count). The third kappa shape index (κ3) is 2.39. The van der Waals surface area contributed by atoms with Gasteiger partial charge in [-0.3, -0.25) is 4.79 Å². The predicted octanol–water partition coefficient (Wildman–Crippen LogP) is 3.42. The van der Waals surface area contributed by atoms with Crippen LogP contribution in [0.1, 0.15) is 62.9 Å². The van der Waals surface area contributed by atoms with Crippen molar-refractivity contribution in [1.82, 2.24) is 14.8 Å². The Bertz CT molecular complexity index is 726. The molecular formula is C18H22FN3O2. The molecule has 0 amide bonds. The van der Waals surface area contributed by atoms with E-state index < -0.39 is 6.17 Å². The molecule has 0 aromatic carbocycles. The SMILES string of the molecule is CCOC(=O)[C@@H]1C[C@H]1c1nc2n(n1)[C@H](C1(C)C=CC=CC1)C[C@@H]2F. The van der Waals surface area contributed by atoms with E-state index in [9.17, 15) is 9.18 Å². The fourth-order valence-electron chi connectivity index (χ4n) is 3.88. The standard InChI is InChI=1S/C18H22FN3O2/c1-3-24-17(23)12-9-11(12)15-20-16-13(19)10-14(22(16)21-15)18(2)7-5-4-6-8-18/h4-7,11-14H,3,8-10H2,1-2H3/t11-,12-,13+,14+,18?/m1/s1. The molecule has 1 aromatic heterocycles. The molecule has 128 valence electrons. The number of hydrogen-bond donors (Lipinski definition) is 0. The number of nitrogens with zero attached hydrogens (tertiary/aromatic N) is 3. The molecule has 1 aromatic rings. The van der Waals surface area contributed by atoms with E-state index in [0.717, 1.165) is 6.42 Å². The van der Waals surface area contributed by atoms with Crippen molar-refractivity contribution in [1.29, 1.82) is 0 Å². The molecule has 5 nitrogen and oxygen atoms in total. The summed E-state index contributed by atoms with van der Waals surface area (Å²) in [6.07, 6.45) is 9.17. The van der Waals surface area contributed by atoms with E-state index in [4.69, 9.17) is 4.74 Å². The lowest BCUT2D eigenvalue weighted by atomic mass is 9.76. The molecule has 2 heterocycles. The Morgan fingerprint density at radius 1 is 1.46 bits per heavy atom. The van der Waals surface area contributed by atoms with Crippen LogP contribution in [0.2, 0.25) is 0 Å². The lowest BCUT2D eigenvalue weighted by molar-refractivity contribution is -0.144. The van der Waals surface area contributed by atoms with Crippen molar-refractivity contribution in [2.45, 2.75) is 51.2 Å². The maximum absolute atomic E-state index is 14.5. The number of carbonyl (C=O) groups excluding carboxylic acids is 1. The van der Waals surface area contributed by atoms with E-state index in [1.165, 1.54) is 0 Å². The van der Waals surface area contributed by atoms with Crippen molar-refractivity contribution in [2.75, 3.05) is 6.61 Å². The number of fused-ring (bicyclic) bond motifs is 1. The van der Waals surface area contributed by atoms with E-state index in [-0.39, 0.29) is 29.3 Å². The van der Waals surface area contributed by atoms with Crippen LogP contribution < -0.4 is 0 Å². The first-order chi connectivity index (χ1) is 11.5. The fourth-order valence-corrected chi connectivity index (χ4v) is 3.88. The van der Waals surface area contributed by atoms with Crippen LogP contribution in [0.25, 0.3) is 0 Å². The summed E-state index contributed by atoms with van der Waals surface area (Å²) in [5, 5.41) is 4.60. The number of esters is 1. The van der Waals surface area contributed by atoms with Crippen LogP contribution in [0.5, 0.6) is 0 Å². The number of carbonyl (C=O) groups is 1. The summed E-state index contributed by atoms with van der Waals surface area (Å²) in [5.41, 5.74) is -0.153. The quantitative estimate of drug-likeness (QED) is 0.793. The van der Waals surface area contributed by atoms with Gasteiger partial charge >= 0.3 is 5.97 Å². The highest BCUT2D eigenvalue weighted by atomic mass is 19.1. The summed E-state index contributed by atoms with van der Waals surface area (Å²) < 4.78 is 21.3. The van der Waals surface area contributed by atoms with E-state index in [1.54, 1.807) is 11.6 Å². The molecule has 1 unspecified atom stereocenters. The first-order valence-corrected chi connectivity index (χ1v) is 8.65. The molecule has 0 radical (unpaired) electrons. The maximum Gasteiger partial charge on any atom is 0.309 e. The number of alkyl halides is 1. The number of rotatable bonds is 4. The first-order valence-electron chi connectivity index (χ1n) is 8.65. The number of allylic oxidation sites excluding steroid dienone is 4. The van der Waals surface area contributed by atoms with Crippen molar-refractivity contribution < 1.29 is 13.9 Å². The lowest BCUT2D eigenvalue weighted by Crippen LogP contribution is -2.27. The van der Waals surface area contributed by atoms with Crippen molar-refractivity contribution in [2.24, 2.45) is 11.3 Å². The first kappa shape index (κ1) is 15.5. The molecule has 6 heteroatoms. The highest BCUT2D eigenvalue weighted by Crippen LogP contribution is 2.52. The van der Waals surface area contributed by atoms with Gasteiger partial charge in [0, 0.05) is 17.8 Å². The van der Waals surface area contributed by atoms with Gasteiger partial charge in [0.1, 0.15) is 0 Å². The highest BCUT2D eigenvalue weighted by Gasteiger charge is 2.50. The molecule has 0 N–H and O–H groups in total. The Hall–Kier alpha value is -1.98. The van der Waals surface area contributed by atoms with Crippen LogP contribution in [-0.2, 0) is 9.53 Å². The summed E-state index contributed by atoms with van der Waals surface area (Å²) in [4.78, 5) is 16.2. The second-order valence-corrected chi connectivity index (χ2v) is 7.19. The van der Waals surface area contributed by atoms with Gasteiger partial charge in [0.05, 0.1) is 18.6 Å². The van der Waals surface area contributed by atoms with Crippen molar-refractivity contribution >= 4 is 5.97 Å². The third-order valence-electron chi connectivity index (χ3n) is 5.43. The molecule has 1 fully saturated rings. The van der Waals surface area contributed by atoms with Crippen LogP contribution >= 0.6 is 0 Å². The van der Waals surface area contributed by atoms with E-state index in [0.29, 0.717) is 31.1 Å². The van der Waals surface area contributed by atoms with Gasteiger partial charge in [-0.2, -0.15) is 5.10 Å². The molecule has 24 heavy (non-hydrogen) atoms. The predicted molar refractivity (Wildman–Crippen MR) is 86.0 cm³/mol. The largest absolute Gasteiger partial charge is 0.466 e. The highest BCUT2D eigenvalue weighted by molar-refractivity contribution is 5.77. The molecule has 5 atom stereocenters. The Kier molecular flexibility index (Phi) is 3.58. The van der Waals surface area contributed by atoms with Gasteiger partial charge in [-0.25, -0.2) is 14.1 Å². The lowest BCUT2D eigenvalue weighted by Gasteiger charge is -2.33. The smallest absolute Gasteiger partial charge is 0.309 e. The van der Waals surface area contributed by atoms with Crippen LogP contribution in [-0.4, -0.2) is 27.3 Å². The van der Waals surface area contributed by atoms with Gasteiger partial charge in [0.25, 0.3) is 0 Å². The monoisotopic (exact) mass is 331 g/mol. The van der Waals surface area contributed by atoms with E-state index in [1.807, 2.05) is 12.2 Å². The number of aromatic nitrogens is 3. The average Bonchev–Trinajstić information content (AvgIpc) is 3.14. The molecular weight excluding hydrogens is 309 g/mol. The number of ether oxygens (including phenoxy) is 1. The average molecular weight is 331 g/mol. The molecule has 0 bridgehead atoms. The van der Waals surface area contributed by atoms with E-state index >= 15 is 0 Å². The summed E-state index contributed by atoms with van der Waals surface area (Å²) in [5.74, 6) is 0.614. The van der Waals surface area contributed by atoms with Gasteiger partial charge in [-0.15, -0.1) is 0 Å². The minimum atomic E-state index is -1.09. The maximum atomic E-state index is 14.5. The summed E-state index contributed by atoms with van der Waals surface area (Å²) in [6, 6.07) is -0.0373. The van der Waals surface area contributed by atoms with Crippen LogP contribution in [0.15, 0.2) is 24.3 Å². The Morgan fingerprint density at radius 2 is 2.29 bits per heavy atom. The van der Waals surface area contributed by atoms with Gasteiger partial charge < -0.3 is 4.74 Å². The minimum absolute atomic E-state index is 0.0235. The topological polar surface area (TPSA) is 57.0 Å². The van der Waals surface area contributed by atoms with E-state index in [2.05, 4.69) is 29.2 Å². The zero-order valence-electron chi connectivity index (χ0n) is 14.0. The molecule has 1 saturated carbocycles. The third-order valence-corrected chi connectivity index (χ3v) is 5.43. The Morgan fingerprint density at radius 3 is 3.00 bits per heavy atom.